The van der Waals surface area contributed by atoms with E-state index in [0.717, 1.165) is 62.8 Å². The molecule has 9 aromatic rings. The molecule has 3 heteroatoms. The monoisotopic (exact) mass is 760 g/mol. The zero-order valence-electron chi connectivity index (χ0n) is 33.3. The van der Waals surface area contributed by atoms with Crippen LogP contribution in [0.1, 0.15) is 37.8 Å². The fraction of sp³-hybridized carbons (Fsp3) is 0.107. The van der Waals surface area contributed by atoms with Gasteiger partial charge in [-0.2, -0.15) is 0 Å². The molecule has 1 N–H and O–H groups in total. The fourth-order valence-corrected chi connectivity index (χ4v) is 9.38. The molecule has 59 heavy (non-hydrogen) atoms. The lowest BCUT2D eigenvalue weighted by molar-refractivity contribution is 0.600. The number of benzene rings is 7. The molecule has 0 bridgehead atoms. The highest BCUT2D eigenvalue weighted by Gasteiger charge is 2.24. The third-order valence-corrected chi connectivity index (χ3v) is 12.6. The summed E-state index contributed by atoms with van der Waals surface area (Å²) in [4.78, 5) is 0. The average Bonchev–Trinajstić information content (AvgIpc) is 3.83. The summed E-state index contributed by atoms with van der Waals surface area (Å²) >= 11 is 0. The number of allylic oxidation sites excluding steroid dienone is 8. The van der Waals surface area contributed by atoms with Crippen molar-refractivity contribution in [2.45, 2.75) is 32.1 Å². The van der Waals surface area contributed by atoms with Crippen molar-refractivity contribution >= 4 is 60.7 Å². The van der Waals surface area contributed by atoms with Gasteiger partial charge in [0.1, 0.15) is 11.2 Å². The minimum absolute atomic E-state index is 0.00213. The number of para-hydroxylation sites is 3. The van der Waals surface area contributed by atoms with E-state index in [4.69, 9.17) is 4.42 Å². The predicted molar refractivity (Wildman–Crippen MR) is 250 cm³/mol. The lowest BCUT2D eigenvalue weighted by atomic mass is 9.77. The van der Waals surface area contributed by atoms with Crippen LogP contribution in [-0.2, 0) is 5.41 Å². The standard InChI is InChI=1S/C56H44N2O/c1-37-13-10-14-38(33-37)39-15-11-16-44(34-39)58-52-21-6-4-17-45(52)50-36-41(24-30-53(50)58)40-23-29-51(57-43-27-25-42(26-28-43)56(2)31-8-3-9-32-56)49(35-40)48-20-12-19-47-46-18-5-7-22-54(46)59-55(47)48/h3-31,34-37,57H,32-33H2,1-2H3. The zero-order valence-corrected chi connectivity index (χ0v) is 33.3. The number of hydrogen-bond acceptors (Lipinski definition) is 2. The van der Waals surface area contributed by atoms with Gasteiger partial charge in [0.15, 0.2) is 0 Å². The Bertz CT molecular complexity index is 3220. The number of furan rings is 1. The quantitative estimate of drug-likeness (QED) is 0.175. The van der Waals surface area contributed by atoms with E-state index >= 15 is 0 Å². The molecule has 2 aliphatic rings. The Morgan fingerprint density at radius 1 is 0.627 bits per heavy atom. The molecule has 2 atom stereocenters. The second-order valence-electron chi connectivity index (χ2n) is 16.5. The van der Waals surface area contributed by atoms with Crippen molar-refractivity contribution in [3.05, 3.63) is 205 Å². The Morgan fingerprint density at radius 2 is 1.41 bits per heavy atom. The average molecular weight is 761 g/mol. The van der Waals surface area contributed by atoms with E-state index in [0.29, 0.717) is 5.92 Å². The molecular formula is C56H44N2O. The van der Waals surface area contributed by atoms with Crippen molar-refractivity contribution in [3.63, 3.8) is 0 Å². The highest BCUT2D eigenvalue weighted by Crippen LogP contribution is 2.43. The summed E-state index contributed by atoms with van der Waals surface area (Å²) < 4.78 is 9.06. The Morgan fingerprint density at radius 3 is 2.27 bits per heavy atom. The zero-order chi connectivity index (χ0) is 39.5. The maximum absolute atomic E-state index is 6.64. The molecule has 3 nitrogen and oxygen atoms in total. The molecule has 0 fully saturated rings. The van der Waals surface area contributed by atoms with Crippen LogP contribution in [0, 0.1) is 5.92 Å². The van der Waals surface area contributed by atoms with Gasteiger partial charge in [0, 0.05) is 55.1 Å². The molecule has 0 amide bonds. The van der Waals surface area contributed by atoms with Crippen molar-refractivity contribution in [1.29, 1.82) is 0 Å². The number of anilines is 2. The lowest BCUT2D eigenvalue weighted by Gasteiger charge is -2.27. The molecule has 0 saturated heterocycles. The normalized spacial score (nSPS) is 17.7. The van der Waals surface area contributed by atoms with Crippen molar-refractivity contribution in [3.8, 4) is 27.9 Å². The number of rotatable bonds is 7. The van der Waals surface area contributed by atoms with Crippen LogP contribution >= 0.6 is 0 Å². The lowest BCUT2D eigenvalue weighted by Crippen LogP contribution is -2.19. The van der Waals surface area contributed by atoms with Crippen molar-refractivity contribution in [2.75, 3.05) is 5.32 Å². The van der Waals surface area contributed by atoms with E-state index in [-0.39, 0.29) is 5.41 Å². The maximum Gasteiger partial charge on any atom is 0.143 e. The van der Waals surface area contributed by atoms with E-state index < -0.39 is 0 Å². The minimum Gasteiger partial charge on any atom is -0.455 e. The van der Waals surface area contributed by atoms with Crippen molar-refractivity contribution < 1.29 is 4.42 Å². The van der Waals surface area contributed by atoms with Gasteiger partial charge in [0.2, 0.25) is 0 Å². The Labute approximate surface area is 344 Å². The van der Waals surface area contributed by atoms with Gasteiger partial charge in [-0.05, 0) is 107 Å². The number of nitrogens with zero attached hydrogens (tertiary/aromatic N) is 1. The van der Waals surface area contributed by atoms with Crippen LogP contribution in [0.4, 0.5) is 11.4 Å². The molecule has 0 aliphatic heterocycles. The molecule has 0 radical (unpaired) electrons. The maximum atomic E-state index is 6.64. The van der Waals surface area contributed by atoms with Gasteiger partial charge in [-0.3, -0.25) is 0 Å². The Hall–Kier alpha value is -7.10. The van der Waals surface area contributed by atoms with Gasteiger partial charge < -0.3 is 14.3 Å². The van der Waals surface area contributed by atoms with Crippen LogP contribution in [0.2, 0.25) is 0 Å². The van der Waals surface area contributed by atoms with Gasteiger partial charge in [0.05, 0.1) is 11.0 Å². The number of aromatic nitrogens is 1. The van der Waals surface area contributed by atoms with E-state index in [2.05, 4.69) is 212 Å². The fourth-order valence-electron chi connectivity index (χ4n) is 9.38. The van der Waals surface area contributed by atoms with Crippen LogP contribution in [0.5, 0.6) is 0 Å². The van der Waals surface area contributed by atoms with E-state index in [1.54, 1.807) is 0 Å². The molecule has 11 rings (SSSR count). The molecule has 2 heterocycles. The van der Waals surface area contributed by atoms with Crippen molar-refractivity contribution in [2.24, 2.45) is 5.92 Å². The van der Waals surface area contributed by atoms with E-state index in [1.165, 1.54) is 49.8 Å². The molecule has 0 spiro atoms. The summed E-state index contributed by atoms with van der Waals surface area (Å²) in [5.41, 5.74) is 15.9. The van der Waals surface area contributed by atoms with Crippen LogP contribution in [-0.4, -0.2) is 4.57 Å². The number of nitrogens with one attached hydrogen (secondary N) is 1. The van der Waals surface area contributed by atoms with Crippen LogP contribution in [0.3, 0.4) is 0 Å². The summed E-state index contributed by atoms with van der Waals surface area (Å²) in [7, 11) is 0. The molecule has 2 aliphatic carbocycles. The summed E-state index contributed by atoms with van der Waals surface area (Å²) in [5.74, 6) is 0.541. The van der Waals surface area contributed by atoms with E-state index in [1.807, 2.05) is 6.07 Å². The Balaban J connectivity index is 1.03. The molecule has 7 aromatic carbocycles. The summed E-state index contributed by atoms with van der Waals surface area (Å²) in [6, 6.07) is 55.3. The highest BCUT2D eigenvalue weighted by atomic mass is 16.3. The summed E-state index contributed by atoms with van der Waals surface area (Å²) in [6.45, 7) is 4.60. The minimum atomic E-state index is -0.00213. The van der Waals surface area contributed by atoms with Gasteiger partial charge in [-0.1, -0.05) is 147 Å². The third-order valence-electron chi connectivity index (χ3n) is 12.6. The molecule has 2 aromatic heterocycles. The van der Waals surface area contributed by atoms with Gasteiger partial charge in [-0.15, -0.1) is 0 Å². The molecular weight excluding hydrogens is 717 g/mol. The Kier molecular flexibility index (Phi) is 8.37. The second kappa shape index (κ2) is 14.1. The van der Waals surface area contributed by atoms with Crippen LogP contribution in [0.15, 0.2) is 199 Å². The van der Waals surface area contributed by atoms with Gasteiger partial charge in [0.25, 0.3) is 0 Å². The third kappa shape index (κ3) is 6.13. The summed E-state index contributed by atoms with van der Waals surface area (Å²) in [5, 5.41) is 8.53. The van der Waals surface area contributed by atoms with Gasteiger partial charge in [-0.25, -0.2) is 0 Å². The molecule has 0 saturated carbocycles. The van der Waals surface area contributed by atoms with Gasteiger partial charge >= 0.3 is 0 Å². The first kappa shape index (κ1) is 35.1. The number of fused-ring (bicyclic) bond motifs is 6. The SMILES string of the molecule is CC1C=CC=C(c2cccc(-n3c4ccccc4c4cc(-c5ccc(Nc6ccc(C7(C)C=CC=CC7)cc6)c(-c6cccc7c6oc6ccccc67)c5)ccc43)c2)C1. The van der Waals surface area contributed by atoms with Crippen molar-refractivity contribution in [1.82, 2.24) is 4.57 Å². The predicted octanol–water partition coefficient (Wildman–Crippen LogP) is 15.5. The first-order valence-corrected chi connectivity index (χ1v) is 20.8. The van der Waals surface area contributed by atoms with Crippen LogP contribution < -0.4 is 5.32 Å². The molecule has 284 valence electrons. The smallest absolute Gasteiger partial charge is 0.143 e. The first-order chi connectivity index (χ1) is 29.0. The molecule has 2 unspecified atom stereocenters. The highest BCUT2D eigenvalue weighted by molar-refractivity contribution is 6.12. The topological polar surface area (TPSA) is 30.1 Å². The largest absolute Gasteiger partial charge is 0.455 e. The second-order valence-corrected chi connectivity index (χ2v) is 16.5. The van der Waals surface area contributed by atoms with E-state index in [9.17, 15) is 0 Å². The number of hydrogen-bond donors (Lipinski definition) is 1. The van der Waals surface area contributed by atoms with Crippen LogP contribution in [0.25, 0.3) is 77.3 Å². The summed E-state index contributed by atoms with van der Waals surface area (Å²) in [6.07, 6.45) is 17.7. The first-order valence-electron chi connectivity index (χ1n) is 20.8.